The number of benzene rings is 2. The van der Waals surface area contributed by atoms with Gasteiger partial charge in [0.1, 0.15) is 12.4 Å². The van der Waals surface area contributed by atoms with E-state index in [1.54, 1.807) is 18.2 Å². The molecule has 5 heteroatoms. The van der Waals surface area contributed by atoms with Crippen LogP contribution in [0.4, 0.5) is 10.1 Å². The van der Waals surface area contributed by atoms with Crippen molar-refractivity contribution >= 4 is 23.3 Å². The maximum absolute atomic E-state index is 13.5. The number of hydrogen-bond donors (Lipinski definition) is 1. The Balaban J connectivity index is 2.09. The third kappa shape index (κ3) is 3.23. The number of carbonyl (C=O) groups excluding carboxylic acids is 1. The van der Waals surface area contributed by atoms with Crippen LogP contribution in [0.3, 0.4) is 0 Å². The van der Waals surface area contributed by atoms with Crippen LogP contribution in [0.2, 0.25) is 5.02 Å². The second kappa shape index (κ2) is 5.71. The van der Waals surface area contributed by atoms with Crippen molar-refractivity contribution in [2.24, 2.45) is 0 Å². The maximum atomic E-state index is 13.5. The molecule has 0 spiro atoms. The molecule has 0 saturated carbocycles. The van der Waals surface area contributed by atoms with Crippen molar-refractivity contribution in [3.05, 3.63) is 64.4 Å². The van der Waals surface area contributed by atoms with Gasteiger partial charge in [-0.2, -0.15) is 0 Å². The van der Waals surface area contributed by atoms with E-state index in [2.05, 4.69) is 0 Å². The largest absolute Gasteiger partial charge is 0.457 e. The molecule has 0 radical (unpaired) electrons. The summed E-state index contributed by atoms with van der Waals surface area (Å²) >= 11 is 5.83. The molecule has 0 saturated heterocycles. The summed E-state index contributed by atoms with van der Waals surface area (Å²) in [4.78, 5) is 11.7. The number of carbonyl (C=O) groups is 1. The minimum Gasteiger partial charge on any atom is -0.457 e. The summed E-state index contributed by atoms with van der Waals surface area (Å²) in [6.07, 6.45) is 0. The van der Waals surface area contributed by atoms with Crippen molar-refractivity contribution in [1.29, 1.82) is 0 Å². The molecule has 0 fully saturated rings. The zero-order chi connectivity index (χ0) is 13.8. The van der Waals surface area contributed by atoms with E-state index < -0.39 is 11.8 Å². The van der Waals surface area contributed by atoms with Crippen LogP contribution >= 0.6 is 11.6 Å². The molecule has 2 aromatic carbocycles. The molecule has 0 aliphatic heterocycles. The van der Waals surface area contributed by atoms with Crippen molar-refractivity contribution < 1.29 is 13.9 Å². The van der Waals surface area contributed by atoms with Crippen molar-refractivity contribution in [3.63, 3.8) is 0 Å². The third-order valence-electron chi connectivity index (χ3n) is 2.53. The maximum Gasteiger partial charge on any atom is 0.338 e. The molecule has 0 atom stereocenters. The fourth-order valence-corrected chi connectivity index (χ4v) is 1.77. The number of nitrogens with two attached hydrogens (primary N) is 1. The predicted octanol–water partition coefficient (Wildman–Crippen LogP) is 3.42. The van der Waals surface area contributed by atoms with E-state index in [0.717, 1.165) is 0 Å². The van der Waals surface area contributed by atoms with Crippen LogP contribution in [0.1, 0.15) is 15.9 Å². The zero-order valence-corrected chi connectivity index (χ0v) is 10.7. The molecular formula is C14H11ClFNO2. The number of anilines is 1. The lowest BCUT2D eigenvalue weighted by molar-refractivity contribution is 0.0469. The Hall–Kier alpha value is -2.07. The average molecular weight is 280 g/mol. The quantitative estimate of drug-likeness (QED) is 0.692. The SMILES string of the molecule is Nc1cccc(C(=O)OCc2c(F)cccc2Cl)c1. The number of rotatable bonds is 3. The molecule has 0 aliphatic carbocycles. The average Bonchev–Trinajstić information content (AvgIpc) is 2.38. The summed E-state index contributed by atoms with van der Waals surface area (Å²) in [6, 6.07) is 10.6. The van der Waals surface area contributed by atoms with Crippen LogP contribution in [-0.4, -0.2) is 5.97 Å². The Kier molecular flexibility index (Phi) is 4.02. The number of nitrogen functional groups attached to an aromatic ring is 1. The van der Waals surface area contributed by atoms with Gasteiger partial charge in [0.2, 0.25) is 0 Å². The van der Waals surface area contributed by atoms with Gasteiger partial charge < -0.3 is 10.5 Å². The van der Waals surface area contributed by atoms with Gasteiger partial charge in [0, 0.05) is 11.3 Å². The highest BCUT2D eigenvalue weighted by Gasteiger charge is 2.11. The Morgan fingerprint density at radius 2 is 2.00 bits per heavy atom. The molecule has 2 aromatic rings. The van der Waals surface area contributed by atoms with Gasteiger partial charge in [-0.1, -0.05) is 23.7 Å². The molecule has 0 aromatic heterocycles. The van der Waals surface area contributed by atoms with Crippen LogP contribution in [0.15, 0.2) is 42.5 Å². The smallest absolute Gasteiger partial charge is 0.338 e. The van der Waals surface area contributed by atoms with E-state index in [1.165, 1.54) is 24.3 Å². The fourth-order valence-electron chi connectivity index (χ4n) is 1.56. The first-order valence-electron chi connectivity index (χ1n) is 5.53. The standard InChI is InChI=1S/C14H11ClFNO2/c15-12-5-2-6-13(16)11(12)8-19-14(18)9-3-1-4-10(17)7-9/h1-7H,8,17H2. The van der Waals surface area contributed by atoms with Crippen molar-refractivity contribution in [1.82, 2.24) is 0 Å². The second-order valence-corrected chi connectivity index (χ2v) is 4.31. The molecule has 98 valence electrons. The summed E-state index contributed by atoms with van der Waals surface area (Å²) in [6.45, 7) is -0.223. The molecule has 2 N–H and O–H groups in total. The minimum absolute atomic E-state index is 0.154. The van der Waals surface area contributed by atoms with Gasteiger partial charge in [0.15, 0.2) is 0 Å². The number of ether oxygens (including phenoxy) is 1. The fraction of sp³-hybridized carbons (Fsp3) is 0.0714. The summed E-state index contributed by atoms with van der Waals surface area (Å²) in [5, 5.41) is 0.223. The van der Waals surface area contributed by atoms with Gasteiger partial charge in [-0.25, -0.2) is 9.18 Å². The lowest BCUT2D eigenvalue weighted by Crippen LogP contribution is -2.07. The normalized spacial score (nSPS) is 10.2. The highest BCUT2D eigenvalue weighted by atomic mass is 35.5. The first-order valence-corrected chi connectivity index (χ1v) is 5.91. The van der Waals surface area contributed by atoms with Gasteiger partial charge in [0.05, 0.1) is 10.6 Å². The highest BCUT2D eigenvalue weighted by Crippen LogP contribution is 2.20. The number of halogens is 2. The Labute approximate surface area is 114 Å². The lowest BCUT2D eigenvalue weighted by atomic mass is 10.2. The Bertz CT molecular complexity index is 596. The van der Waals surface area contributed by atoms with E-state index in [0.29, 0.717) is 11.3 Å². The summed E-state index contributed by atoms with van der Waals surface area (Å²) in [7, 11) is 0. The topological polar surface area (TPSA) is 52.3 Å². The monoisotopic (exact) mass is 279 g/mol. The van der Waals surface area contributed by atoms with E-state index in [-0.39, 0.29) is 17.2 Å². The second-order valence-electron chi connectivity index (χ2n) is 3.90. The van der Waals surface area contributed by atoms with Gasteiger partial charge >= 0.3 is 5.97 Å². The molecule has 0 aliphatic rings. The summed E-state index contributed by atoms with van der Waals surface area (Å²) in [5.41, 5.74) is 6.49. The van der Waals surface area contributed by atoms with E-state index >= 15 is 0 Å². The van der Waals surface area contributed by atoms with Gasteiger partial charge in [-0.3, -0.25) is 0 Å². The van der Waals surface area contributed by atoms with Crippen molar-refractivity contribution in [2.45, 2.75) is 6.61 Å². The number of hydrogen-bond acceptors (Lipinski definition) is 3. The molecule has 2 rings (SSSR count). The lowest BCUT2D eigenvalue weighted by Gasteiger charge is -2.07. The Morgan fingerprint density at radius 1 is 1.26 bits per heavy atom. The third-order valence-corrected chi connectivity index (χ3v) is 2.89. The van der Waals surface area contributed by atoms with Crippen LogP contribution in [0.5, 0.6) is 0 Å². The van der Waals surface area contributed by atoms with Crippen LogP contribution in [-0.2, 0) is 11.3 Å². The van der Waals surface area contributed by atoms with Gasteiger partial charge in [0.25, 0.3) is 0 Å². The van der Waals surface area contributed by atoms with Crippen molar-refractivity contribution in [2.75, 3.05) is 5.73 Å². The molecule has 0 amide bonds. The van der Waals surface area contributed by atoms with E-state index in [9.17, 15) is 9.18 Å². The van der Waals surface area contributed by atoms with Crippen LogP contribution in [0, 0.1) is 5.82 Å². The van der Waals surface area contributed by atoms with E-state index in [4.69, 9.17) is 22.1 Å². The Morgan fingerprint density at radius 3 is 2.68 bits per heavy atom. The first kappa shape index (κ1) is 13.4. The van der Waals surface area contributed by atoms with Crippen LogP contribution < -0.4 is 5.73 Å². The summed E-state index contributed by atoms with van der Waals surface area (Å²) < 4.78 is 18.5. The molecule has 0 unspecified atom stereocenters. The molecule has 0 bridgehead atoms. The molecule has 0 heterocycles. The molecule has 3 nitrogen and oxygen atoms in total. The minimum atomic E-state index is -0.577. The van der Waals surface area contributed by atoms with Crippen LogP contribution in [0.25, 0.3) is 0 Å². The van der Waals surface area contributed by atoms with Gasteiger partial charge in [-0.05, 0) is 30.3 Å². The molecule has 19 heavy (non-hydrogen) atoms. The highest BCUT2D eigenvalue weighted by molar-refractivity contribution is 6.31. The zero-order valence-electron chi connectivity index (χ0n) is 9.90. The predicted molar refractivity (Wildman–Crippen MR) is 71.4 cm³/mol. The van der Waals surface area contributed by atoms with Crippen molar-refractivity contribution in [3.8, 4) is 0 Å². The number of esters is 1. The first-order chi connectivity index (χ1) is 9.08. The summed E-state index contributed by atoms with van der Waals surface area (Å²) in [5.74, 6) is -1.08. The van der Waals surface area contributed by atoms with Gasteiger partial charge in [-0.15, -0.1) is 0 Å². The molecular weight excluding hydrogens is 269 g/mol. The van der Waals surface area contributed by atoms with E-state index in [1.807, 2.05) is 0 Å².